The summed E-state index contributed by atoms with van der Waals surface area (Å²) in [5, 5.41) is 0. The summed E-state index contributed by atoms with van der Waals surface area (Å²) in [7, 11) is 0. The largest absolute Gasteiger partial charge is 0.329 e. The fraction of sp³-hybridized carbons (Fsp3) is 1.00. The molecule has 0 aromatic rings. The molecule has 1 saturated heterocycles. The third kappa shape index (κ3) is 2.99. The first-order chi connectivity index (χ1) is 5.92. The standard InChI is InChI=1S/C10H20N2.2ClH/c11-8-10-6-3-7-12(10)9-4-1-2-5-9;;/h9-10H,1-8,11H2;2*1H. The van der Waals surface area contributed by atoms with Crippen LogP contribution < -0.4 is 5.73 Å². The Morgan fingerprint density at radius 1 is 1.00 bits per heavy atom. The summed E-state index contributed by atoms with van der Waals surface area (Å²) in [6.45, 7) is 2.18. The topological polar surface area (TPSA) is 29.3 Å². The number of nitrogens with zero attached hydrogens (tertiary/aromatic N) is 1. The van der Waals surface area contributed by atoms with E-state index in [9.17, 15) is 0 Å². The van der Waals surface area contributed by atoms with E-state index in [2.05, 4.69) is 4.90 Å². The van der Waals surface area contributed by atoms with E-state index in [1.807, 2.05) is 0 Å². The van der Waals surface area contributed by atoms with Gasteiger partial charge >= 0.3 is 0 Å². The molecule has 2 N–H and O–H groups in total. The molecule has 14 heavy (non-hydrogen) atoms. The van der Waals surface area contributed by atoms with Gasteiger partial charge in [-0.05, 0) is 32.2 Å². The lowest BCUT2D eigenvalue weighted by Crippen LogP contribution is -2.41. The van der Waals surface area contributed by atoms with Gasteiger partial charge in [-0.2, -0.15) is 0 Å². The fourth-order valence-electron chi connectivity index (χ4n) is 2.83. The van der Waals surface area contributed by atoms with E-state index >= 15 is 0 Å². The number of rotatable bonds is 2. The highest BCUT2D eigenvalue weighted by atomic mass is 35.5. The molecule has 0 spiro atoms. The van der Waals surface area contributed by atoms with Crippen LogP contribution in [-0.2, 0) is 0 Å². The average Bonchev–Trinajstić information content (AvgIpc) is 2.74. The summed E-state index contributed by atoms with van der Waals surface area (Å²) in [6.07, 6.45) is 8.45. The van der Waals surface area contributed by atoms with Gasteiger partial charge in [-0.25, -0.2) is 0 Å². The van der Waals surface area contributed by atoms with Gasteiger partial charge in [-0.3, -0.25) is 4.90 Å². The van der Waals surface area contributed by atoms with Gasteiger partial charge < -0.3 is 5.73 Å². The maximum absolute atomic E-state index is 5.75. The Balaban J connectivity index is 0.000000845. The minimum atomic E-state index is 0. The lowest BCUT2D eigenvalue weighted by molar-refractivity contribution is 0.185. The van der Waals surface area contributed by atoms with Gasteiger partial charge in [0.1, 0.15) is 0 Å². The zero-order valence-corrected chi connectivity index (χ0v) is 10.3. The number of likely N-dealkylation sites (tertiary alicyclic amines) is 1. The smallest absolute Gasteiger partial charge is 0.0221 e. The van der Waals surface area contributed by atoms with Crippen molar-refractivity contribution in [3.63, 3.8) is 0 Å². The van der Waals surface area contributed by atoms with Gasteiger partial charge in [0.05, 0.1) is 0 Å². The molecular weight excluding hydrogens is 219 g/mol. The minimum absolute atomic E-state index is 0. The van der Waals surface area contributed by atoms with Crippen LogP contribution in [0.5, 0.6) is 0 Å². The maximum Gasteiger partial charge on any atom is 0.0221 e. The van der Waals surface area contributed by atoms with Crippen LogP contribution in [0.4, 0.5) is 0 Å². The summed E-state index contributed by atoms with van der Waals surface area (Å²) >= 11 is 0. The molecule has 0 aromatic carbocycles. The van der Waals surface area contributed by atoms with Gasteiger partial charge in [0.25, 0.3) is 0 Å². The minimum Gasteiger partial charge on any atom is -0.329 e. The summed E-state index contributed by atoms with van der Waals surface area (Å²) in [5.41, 5.74) is 5.75. The molecule has 86 valence electrons. The molecule has 1 atom stereocenters. The van der Waals surface area contributed by atoms with Gasteiger partial charge in [0, 0.05) is 18.6 Å². The van der Waals surface area contributed by atoms with E-state index < -0.39 is 0 Å². The zero-order chi connectivity index (χ0) is 8.39. The Labute approximate surface area is 99.4 Å². The lowest BCUT2D eigenvalue weighted by atomic mass is 10.1. The molecule has 0 amide bonds. The van der Waals surface area contributed by atoms with Crippen LogP contribution in [0.3, 0.4) is 0 Å². The number of nitrogens with two attached hydrogens (primary N) is 1. The maximum atomic E-state index is 5.75. The summed E-state index contributed by atoms with van der Waals surface area (Å²) < 4.78 is 0. The second-order valence-corrected chi connectivity index (χ2v) is 4.21. The van der Waals surface area contributed by atoms with Crippen molar-refractivity contribution in [1.82, 2.24) is 4.90 Å². The Morgan fingerprint density at radius 2 is 1.64 bits per heavy atom. The molecular formula is C10H22Cl2N2. The van der Waals surface area contributed by atoms with Crippen LogP contribution in [0.1, 0.15) is 38.5 Å². The SMILES string of the molecule is Cl.Cl.NCC1CCCN1C1CCCC1. The molecule has 2 aliphatic rings. The van der Waals surface area contributed by atoms with E-state index in [1.165, 1.54) is 45.1 Å². The van der Waals surface area contributed by atoms with Crippen LogP contribution in [0.2, 0.25) is 0 Å². The van der Waals surface area contributed by atoms with Crippen molar-refractivity contribution >= 4 is 24.8 Å². The van der Waals surface area contributed by atoms with Gasteiger partial charge in [0.2, 0.25) is 0 Å². The summed E-state index contributed by atoms with van der Waals surface area (Å²) in [4.78, 5) is 2.67. The molecule has 1 heterocycles. The van der Waals surface area contributed by atoms with Crippen molar-refractivity contribution < 1.29 is 0 Å². The predicted octanol–water partition coefficient (Wildman–Crippen LogP) is 2.20. The van der Waals surface area contributed by atoms with Crippen molar-refractivity contribution in [3.05, 3.63) is 0 Å². The highest BCUT2D eigenvalue weighted by Crippen LogP contribution is 2.29. The first-order valence-electron chi connectivity index (χ1n) is 5.37. The Bertz CT molecular complexity index is 149. The Morgan fingerprint density at radius 3 is 2.21 bits per heavy atom. The van der Waals surface area contributed by atoms with Crippen LogP contribution in [0.25, 0.3) is 0 Å². The molecule has 1 aliphatic carbocycles. The van der Waals surface area contributed by atoms with Crippen molar-refractivity contribution in [1.29, 1.82) is 0 Å². The number of halogens is 2. The van der Waals surface area contributed by atoms with E-state index in [0.29, 0.717) is 6.04 Å². The molecule has 1 saturated carbocycles. The zero-order valence-electron chi connectivity index (χ0n) is 8.65. The van der Waals surface area contributed by atoms with Gasteiger partial charge in [0.15, 0.2) is 0 Å². The Kier molecular flexibility index (Phi) is 7.13. The van der Waals surface area contributed by atoms with E-state index in [0.717, 1.165) is 12.6 Å². The van der Waals surface area contributed by atoms with Crippen LogP contribution in [0.15, 0.2) is 0 Å². The quantitative estimate of drug-likeness (QED) is 0.803. The number of hydrogen-bond donors (Lipinski definition) is 1. The summed E-state index contributed by atoms with van der Waals surface area (Å²) in [5.74, 6) is 0. The van der Waals surface area contributed by atoms with Gasteiger partial charge in [-0.15, -0.1) is 24.8 Å². The average molecular weight is 241 g/mol. The van der Waals surface area contributed by atoms with Crippen molar-refractivity contribution in [2.45, 2.75) is 50.6 Å². The van der Waals surface area contributed by atoms with E-state index in [-0.39, 0.29) is 24.8 Å². The Hall–Kier alpha value is 0.500. The third-order valence-corrected chi connectivity index (χ3v) is 3.49. The molecule has 4 heteroatoms. The monoisotopic (exact) mass is 240 g/mol. The van der Waals surface area contributed by atoms with Crippen molar-refractivity contribution in [2.75, 3.05) is 13.1 Å². The molecule has 2 nitrogen and oxygen atoms in total. The lowest BCUT2D eigenvalue weighted by Gasteiger charge is -2.29. The van der Waals surface area contributed by atoms with Crippen molar-refractivity contribution in [3.8, 4) is 0 Å². The predicted molar refractivity (Wildman–Crippen MR) is 65.5 cm³/mol. The molecule has 0 radical (unpaired) electrons. The van der Waals surface area contributed by atoms with Crippen molar-refractivity contribution in [2.24, 2.45) is 5.73 Å². The van der Waals surface area contributed by atoms with E-state index in [4.69, 9.17) is 5.73 Å². The number of hydrogen-bond acceptors (Lipinski definition) is 2. The van der Waals surface area contributed by atoms with Crippen LogP contribution in [-0.4, -0.2) is 30.1 Å². The normalized spacial score (nSPS) is 28.5. The third-order valence-electron chi connectivity index (χ3n) is 3.49. The van der Waals surface area contributed by atoms with Crippen LogP contribution in [0, 0.1) is 0 Å². The molecule has 2 rings (SSSR count). The summed E-state index contributed by atoms with van der Waals surface area (Å²) in [6, 6.07) is 1.61. The van der Waals surface area contributed by atoms with Gasteiger partial charge in [-0.1, -0.05) is 12.8 Å². The second-order valence-electron chi connectivity index (χ2n) is 4.21. The fourth-order valence-corrected chi connectivity index (χ4v) is 2.83. The highest BCUT2D eigenvalue weighted by Gasteiger charge is 2.30. The molecule has 1 unspecified atom stereocenters. The first-order valence-corrected chi connectivity index (χ1v) is 5.37. The van der Waals surface area contributed by atoms with E-state index in [1.54, 1.807) is 0 Å². The second kappa shape index (κ2) is 6.89. The molecule has 0 bridgehead atoms. The van der Waals surface area contributed by atoms with Crippen LogP contribution >= 0.6 is 24.8 Å². The first kappa shape index (κ1) is 14.5. The molecule has 2 fully saturated rings. The molecule has 0 aromatic heterocycles. The molecule has 1 aliphatic heterocycles. The highest BCUT2D eigenvalue weighted by molar-refractivity contribution is 5.85.